The van der Waals surface area contributed by atoms with Gasteiger partial charge in [0.2, 0.25) is 0 Å². The lowest BCUT2D eigenvalue weighted by molar-refractivity contribution is 0.0951. The van der Waals surface area contributed by atoms with Crippen LogP contribution in [0.4, 0.5) is 0 Å². The number of benzene rings is 2. The van der Waals surface area contributed by atoms with E-state index in [4.69, 9.17) is 27.9 Å². The summed E-state index contributed by atoms with van der Waals surface area (Å²) < 4.78 is 5.28. The molecule has 23 heavy (non-hydrogen) atoms. The summed E-state index contributed by atoms with van der Waals surface area (Å²) in [6.45, 7) is 4.05. The molecule has 1 N–H and O–H groups in total. The van der Waals surface area contributed by atoms with Crippen molar-refractivity contribution in [3.05, 3.63) is 75.8 Å². The molecule has 5 heteroatoms. The zero-order chi connectivity index (χ0) is 16.8. The second-order valence-corrected chi connectivity index (χ2v) is 5.78. The molecule has 1 amide bonds. The van der Waals surface area contributed by atoms with E-state index < -0.39 is 0 Å². The molecule has 0 heterocycles. The highest BCUT2D eigenvalue weighted by molar-refractivity contribution is 6.35. The van der Waals surface area contributed by atoms with E-state index in [0.29, 0.717) is 28.6 Å². The van der Waals surface area contributed by atoms with Gasteiger partial charge in [-0.05, 0) is 47.9 Å². The van der Waals surface area contributed by atoms with Crippen molar-refractivity contribution in [2.75, 3.05) is 7.11 Å². The molecule has 0 spiro atoms. The molecule has 0 fully saturated rings. The van der Waals surface area contributed by atoms with E-state index in [0.717, 1.165) is 16.9 Å². The molecule has 120 valence electrons. The van der Waals surface area contributed by atoms with Crippen LogP contribution in [0, 0.1) is 0 Å². The average molecular weight is 350 g/mol. The monoisotopic (exact) mass is 349 g/mol. The number of allylic oxidation sites excluding steroid dienone is 1. The fourth-order valence-corrected chi connectivity index (χ4v) is 2.65. The Hall–Kier alpha value is -1.97. The smallest absolute Gasteiger partial charge is 0.251 e. The van der Waals surface area contributed by atoms with Gasteiger partial charge in [0.05, 0.1) is 7.11 Å². The predicted molar refractivity (Wildman–Crippen MR) is 94.5 cm³/mol. The van der Waals surface area contributed by atoms with E-state index in [1.165, 1.54) is 0 Å². The number of carbonyl (C=O) groups excluding carboxylic acids is 1. The second-order valence-electron chi connectivity index (χ2n) is 4.94. The van der Waals surface area contributed by atoms with Crippen LogP contribution in [0.5, 0.6) is 5.75 Å². The number of carbonyl (C=O) groups is 1. The van der Waals surface area contributed by atoms with Gasteiger partial charge in [0, 0.05) is 22.2 Å². The number of halogens is 2. The summed E-state index contributed by atoms with van der Waals surface area (Å²) >= 11 is 12.0. The largest absolute Gasteiger partial charge is 0.496 e. The molecule has 0 aliphatic heterocycles. The number of hydrogen-bond donors (Lipinski definition) is 1. The molecule has 0 aliphatic carbocycles. The molecule has 0 atom stereocenters. The SMILES string of the molecule is C=CCc1cc(C(=O)NCc2ccc(Cl)cc2Cl)ccc1OC. The third kappa shape index (κ3) is 4.50. The number of rotatable bonds is 6. The third-order valence-electron chi connectivity index (χ3n) is 3.36. The normalized spacial score (nSPS) is 10.2. The van der Waals surface area contributed by atoms with Gasteiger partial charge in [-0.25, -0.2) is 0 Å². The highest BCUT2D eigenvalue weighted by Gasteiger charge is 2.10. The Bertz CT molecular complexity index is 729. The molecule has 2 rings (SSSR count). The van der Waals surface area contributed by atoms with Crippen LogP contribution in [0.25, 0.3) is 0 Å². The molecule has 0 radical (unpaired) electrons. The lowest BCUT2D eigenvalue weighted by atomic mass is 10.1. The molecule has 0 aromatic heterocycles. The van der Waals surface area contributed by atoms with E-state index in [1.807, 2.05) is 0 Å². The highest BCUT2D eigenvalue weighted by atomic mass is 35.5. The first-order chi connectivity index (χ1) is 11.0. The fraction of sp³-hybridized carbons (Fsp3) is 0.167. The maximum absolute atomic E-state index is 12.3. The molecule has 3 nitrogen and oxygen atoms in total. The minimum atomic E-state index is -0.177. The molecule has 2 aromatic rings. The Labute approximate surface area is 145 Å². The molecule has 0 unspecified atom stereocenters. The molecule has 0 aliphatic rings. The van der Waals surface area contributed by atoms with Crippen LogP contribution >= 0.6 is 23.2 Å². The first-order valence-electron chi connectivity index (χ1n) is 7.05. The van der Waals surface area contributed by atoms with Crippen LogP contribution in [-0.4, -0.2) is 13.0 Å². The van der Waals surface area contributed by atoms with Crippen molar-refractivity contribution in [1.29, 1.82) is 0 Å². The maximum atomic E-state index is 12.3. The summed E-state index contributed by atoms with van der Waals surface area (Å²) in [5, 5.41) is 3.94. The van der Waals surface area contributed by atoms with Crippen molar-refractivity contribution in [3.63, 3.8) is 0 Å². The maximum Gasteiger partial charge on any atom is 0.251 e. The molecule has 0 saturated heterocycles. The van der Waals surface area contributed by atoms with E-state index >= 15 is 0 Å². The summed E-state index contributed by atoms with van der Waals surface area (Å²) in [6, 6.07) is 10.5. The van der Waals surface area contributed by atoms with Crippen molar-refractivity contribution in [1.82, 2.24) is 5.32 Å². The van der Waals surface area contributed by atoms with E-state index in [2.05, 4.69) is 11.9 Å². The van der Waals surface area contributed by atoms with E-state index in [9.17, 15) is 4.79 Å². The van der Waals surface area contributed by atoms with Crippen LogP contribution in [0.3, 0.4) is 0 Å². The summed E-state index contributed by atoms with van der Waals surface area (Å²) in [6.07, 6.45) is 2.40. The molecule has 0 bridgehead atoms. The minimum Gasteiger partial charge on any atom is -0.496 e. The van der Waals surface area contributed by atoms with Crippen molar-refractivity contribution in [2.45, 2.75) is 13.0 Å². The topological polar surface area (TPSA) is 38.3 Å². The van der Waals surface area contributed by atoms with Gasteiger partial charge in [-0.15, -0.1) is 6.58 Å². The zero-order valence-electron chi connectivity index (χ0n) is 12.7. The lowest BCUT2D eigenvalue weighted by Gasteiger charge is -2.11. The van der Waals surface area contributed by atoms with Gasteiger partial charge >= 0.3 is 0 Å². The van der Waals surface area contributed by atoms with Crippen molar-refractivity contribution < 1.29 is 9.53 Å². The Morgan fingerprint density at radius 3 is 2.65 bits per heavy atom. The van der Waals surface area contributed by atoms with Gasteiger partial charge in [-0.3, -0.25) is 4.79 Å². The number of methoxy groups -OCH3 is 1. The summed E-state index contributed by atoms with van der Waals surface area (Å²) in [5.41, 5.74) is 2.29. The number of amides is 1. The van der Waals surface area contributed by atoms with Crippen molar-refractivity contribution in [2.24, 2.45) is 0 Å². The van der Waals surface area contributed by atoms with Gasteiger partial charge in [-0.2, -0.15) is 0 Å². The molecule has 2 aromatic carbocycles. The Kier molecular flexibility index (Phi) is 6.08. The quantitative estimate of drug-likeness (QED) is 0.770. The molecule has 0 saturated carbocycles. The van der Waals surface area contributed by atoms with E-state index in [1.54, 1.807) is 49.6 Å². The third-order valence-corrected chi connectivity index (χ3v) is 3.95. The predicted octanol–water partition coefficient (Wildman–Crippen LogP) is 4.66. The van der Waals surface area contributed by atoms with Gasteiger partial charge < -0.3 is 10.1 Å². The number of hydrogen-bond acceptors (Lipinski definition) is 2. The Morgan fingerprint density at radius 2 is 2.00 bits per heavy atom. The number of nitrogens with one attached hydrogen (secondary N) is 1. The van der Waals surface area contributed by atoms with Gasteiger partial charge in [-0.1, -0.05) is 35.3 Å². The minimum absolute atomic E-state index is 0.177. The summed E-state index contributed by atoms with van der Waals surface area (Å²) in [5.74, 6) is 0.561. The first-order valence-corrected chi connectivity index (χ1v) is 7.80. The Morgan fingerprint density at radius 1 is 1.22 bits per heavy atom. The standard InChI is InChI=1S/C18H17Cl2NO2/c1-3-4-12-9-13(6-8-17(12)23-2)18(22)21-11-14-5-7-15(19)10-16(14)20/h3,5-10H,1,4,11H2,2H3,(H,21,22). The van der Waals surface area contributed by atoms with Crippen LogP contribution in [0.15, 0.2) is 49.1 Å². The molecular formula is C18H17Cl2NO2. The summed E-state index contributed by atoms with van der Waals surface area (Å²) in [7, 11) is 1.60. The fourth-order valence-electron chi connectivity index (χ4n) is 2.18. The summed E-state index contributed by atoms with van der Waals surface area (Å²) in [4.78, 5) is 12.3. The van der Waals surface area contributed by atoms with Gasteiger partial charge in [0.15, 0.2) is 0 Å². The average Bonchev–Trinajstić information content (AvgIpc) is 2.54. The van der Waals surface area contributed by atoms with Crippen LogP contribution in [-0.2, 0) is 13.0 Å². The lowest BCUT2D eigenvalue weighted by Crippen LogP contribution is -2.23. The zero-order valence-corrected chi connectivity index (χ0v) is 14.2. The molecular weight excluding hydrogens is 333 g/mol. The number of ether oxygens (including phenoxy) is 1. The van der Waals surface area contributed by atoms with Crippen molar-refractivity contribution >= 4 is 29.1 Å². The van der Waals surface area contributed by atoms with Gasteiger partial charge in [0.1, 0.15) is 5.75 Å². The van der Waals surface area contributed by atoms with Crippen molar-refractivity contribution in [3.8, 4) is 5.75 Å². The van der Waals surface area contributed by atoms with Gasteiger partial charge in [0.25, 0.3) is 5.91 Å². The van der Waals surface area contributed by atoms with E-state index in [-0.39, 0.29) is 5.91 Å². The first kappa shape index (κ1) is 17.4. The van der Waals surface area contributed by atoms with Crippen LogP contribution < -0.4 is 10.1 Å². The van der Waals surface area contributed by atoms with Crippen LogP contribution in [0.2, 0.25) is 10.0 Å². The Balaban J connectivity index is 2.11. The van der Waals surface area contributed by atoms with Crippen LogP contribution in [0.1, 0.15) is 21.5 Å². The second kappa shape index (κ2) is 8.04. The highest BCUT2D eigenvalue weighted by Crippen LogP contribution is 2.22.